The number of hydroxylamine groups is 2. The molecule has 0 aromatic heterocycles. The molecule has 0 aliphatic heterocycles. The predicted octanol–water partition coefficient (Wildman–Crippen LogP) is 1.06. The fraction of sp³-hybridized carbons (Fsp3) is 1.00. The van der Waals surface area contributed by atoms with Crippen molar-refractivity contribution in [2.45, 2.75) is 13.3 Å². The minimum atomic E-state index is -0.350. The second-order valence-electron chi connectivity index (χ2n) is 1.59. The van der Waals surface area contributed by atoms with Crippen LogP contribution in [0.5, 0.6) is 0 Å². The zero-order valence-corrected chi connectivity index (χ0v) is 5.10. The normalized spacial score (nSPS) is 10.5. The van der Waals surface area contributed by atoms with Gasteiger partial charge >= 0.3 is 0 Å². The SMILES string of the molecule is CCN(O)CCCF. The first kappa shape index (κ1) is 7.85. The third-order valence-corrected chi connectivity index (χ3v) is 0.915. The van der Waals surface area contributed by atoms with Gasteiger partial charge in [0.15, 0.2) is 0 Å². The number of alkyl halides is 1. The Hall–Kier alpha value is -0.150. The molecule has 0 unspecified atom stereocenters. The summed E-state index contributed by atoms with van der Waals surface area (Å²) in [6.45, 7) is 2.47. The highest BCUT2D eigenvalue weighted by Crippen LogP contribution is 1.85. The highest BCUT2D eigenvalue weighted by Gasteiger charge is 1.92. The molecule has 0 aromatic carbocycles. The van der Waals surface area contributed by atoms with Crippen molar-refractivity contribution in [2.24, 2.45) is 0 Å². The lowest BCUT2D eigenvalue weighted by molar-refractivity contribution is -0.0874. The Morgan fingerprint density at radius 1 is 1.62 bits per heavy atom. The molecule has 0 radical (unpaired) electrons. The van der Waals surface area contributed by atoms with E-state index in [1.807, 2.05) is 6.92 Å². The van der Waals surface area contributed by atoms with Gasteiger partial charge in [0.1, 0.15) is 0 Å². The molecule has 0 spiro atoms. The molecular formula is C5H12FNO. The summed E-state index contributed by atoms with van der Waals surface area (Å²) < 4.78 is 11.4. The highest BCUT2D eigenvalue weighted by atomic mass is 19.1. The zero-order chi connectivity index (χ0) is 6.41. The van der Waals surface area contributed by atoms with E-state index in [0.29, 0.717) is 19.5 Å². The molecule has 0 saturated carbocycles. The lowest BCUT2D eigenvalue weighted by atomic mass is 10.4. The summed E-state index contributed by atoms with van der Waals surface area (Å²) in [6.07, 6.45) is 0.421. The van der Waals surface area contributed by atoms with Crippen LogP contribution in [0.1, 0.15) is 13.3 Å². The van der Waals surface area contributed by atoms with Crippen molar-refractivity contribution in [3.8, 4) is 0 Å². The molecule has 0 bridgehead atoms. The summed E-state index contributed by atoms with van der Waals surface area (Å²) >= 11 is 0. The summed E-state index contributed by atoms with van der Waals surface area (Å²) in [6, 6.07) is 0. The van der Waals surface area contributed by atoms with Gasteiger partial charge in [-0.15, -0.1) is 0 Å². The van der Waals surface area contributed by atoms with E-state index in [-0.39, 0.29) is 6.67 Å². The van der Waals surface area contributed by atoms with Crippen molar-refractivity contribution >= 4 is 0 Å². The average molecular weight is 121 g/mol. The van der Waals surface area contributed by atoms with E-state index in [0.717, 1.165) is 5.06 Å². The van der Waals surface area contributed by atoms with Crippen LogP contribution in [0, 0.1) is 0 Å². The first-order valence-corrected chi connectivity index (χ1v) is 2.81. The predicted molar refractivity (Wildman–Crippen MR) is 29.6 cm³/mol. The first-order chi connectivity index (χ1) is 3.81. The average Bonchev–Trinajstić information content (AvgIpc) is 1.83. The summed E-state index contributed by atoms with van der Waals surface area (Å²) in [5.74, 6) is 0. The number of nitrogens with zero attached hydrogens (tertiary/aromatic N) is 1. The molecule has 3 heteroatoms. The van der Waals surface area contributed by atoms with Crippen LogP contribution in [0.25, 0.3) is 0 Å². The van der Waals surface area contributed by atoms with Gasteiger partial charge in [0.05, 0.1) is 6.67 Å². The van der Waals surface area contributed by atoms with E-state index < -0.39 is 0 Å². The Labute approximate surface area is 48.9 Å². The van der Waals surface area contributed by atoms with Crippen LogP contribution in [0.15, 0.2) is 0 Å². The fourth-order valence-corrected chi connectivity index (χ4v) is 0.400. The highest BCUT2D eigenvalue weighted by molar-refractivity contribution is 4.39. The van der Waals surface area contributed by atoms with E-state index in [4.69, 9.17) is 5.21 Å². The molecule has 1 N–H and O–H groups in total. The largest absolute Gasteiger partial charge is 0.314 e. The molecule has 0 atom stereocenters. The van der Waals surface area contributed by atoms with E-state index >= 15 is 0 Å². The molecular weight excluding hydrogens is 109 g/mol. The fourth-order valence-electron chi connectivity index (χ4n) is 0.400. The number of rotatable bonds is 4. The van der Waals surface area contributed by atoms with Gasteiger partial charge in [-0.25, -0.2) is 0 Å². The standard InChI is InChI=1S/C5H12FNO/c1-2-7(8)5-3-4-6/h8H,2-5H2,1H3. The second kappa shape index (κ2) is 5.00. The molecule has 2 nitrogen and oxygen atoms in total. The Bertz CT molecular complexity index is 51.7. The van der Waals surface area contributed by atoms with Crippen LogP contribution in [0.2, 0.25) is 0 Å². The lowest BCUT2D eigenvalue weighted by Crippen LogP contribution is -2.19. The first-order valence-electron chi connectivity index (χ1n) is 2.81. The smallest absolute Gasteiger partial charge is 0.0907 e. The van der Waals surface area contributed by atoms with Crippen molar-refractivity contribution in [2.75, 3.05) is 19.8 Å². The molecule has 50 valence electrons. The summed E-state index contributed by atoms with van der Waals surface area (Å²) in [7, 11) is 0. The quantitative estimate of drug-likeness (QED) is 0.562. The summed E-state index contributed by atoms with van der Waals surface area (Å²) in [4.78, 5) is 0. The van der Waals surface area contributed by atoms with E-state index in [1.165, 1.54) is 0 Å². The maximum atomic E-state index is 11.4. The van der Waals surface area contributed by atoms with Crippen LogP contribution in [-0.2, 0) is 0 Å². The van der Waals surface area contributed by atoms with Crippen molar-refractivity contribution in [1.29, 1.82) is 0 Å². The number of hydrogen-bond donors (Lipinski definition) is 1. The Kier molecular flexibility index (Phi) is 4.90. The van der Waals surface area contributed by atoms with Crippen LogP contribution in [-0.4, -0.2) is 30.0 Å². The Morgan fingerprint density at radius 3 is 2.62 bits per heavy atom. The van der Waals surface area contributed by atoms with Gasteiger partial charge in [-0.3, -0.25) is 4.39 Å². The van der Waals surface area contributed by atoms with Gasteiger partial charge in [-0.1, -0.05) is 6.92 Å². The third kappa shape index (κ3) is 4.02. The van der Waals surface area contributed by atoms with Gasteiger partial charge in [0.2, 0.25) is 0 Å². The lowest BCUT2D eigenvalue weighted by Gasteiger charge is -2.08. The van der Waals surface area contributed by atoms with Gasteiger partial charge in [0, 0.05) is 13.1 Å². The van der Waals surface area contributed by atoms with Gasteiger partial charge < -0.3 is 5.21 Å². The van der Waals surface area contributed by atoms with Crippen LogP contribution in [0.3, 0.4) is 0 Å². The summed E-state index contributed by atoms with van der Waals surface area (Å²) in [5, 5.41) is 9.75. The maximum Gasteiger partial charge on any atom is 0.0907 e. The van der Waals surface area contributed by atoms with Crippen LogP contribution >= 0.6 is 0 Å². The second-order valence-corrected chi connectivity index (χ2v) is 1.59. The molecule has 0 aromatic rings. The molecule has 0 heterocycles. The van der Waals surface area contributed by atoms with Crippen molar-refractivity contribution in [1.82, 2.24) is 5.06 Å². The van der Waals surface area contributed by atoms with Gasteiger partial charge in [-0.2, -0.15) is 5.06 Å². The molecule has 0 fully saturated rings. The van der Waals surface area contributed by atoms with Crippen LogP contribution < -0.4 is 0 Å². The topological polar surface area (TPSA) is 23.5 Å². The van der Waals surface area contributed by atoms with Crippen LogP contribution in [0.4, 0.5) is 4.39 Å². The van der Waals surface area contributed by atoms with E-state index in [9.17, 15) is 4.39 Å². The van der Waals surface area contributed by atoms with E-state index in [1.54, 1.807) is 0 Å². The number of hydrogen-bond acceptors (Lipinski definition) is 2. The van der Waals surface area contributed by atoms with Crippen molar-refractivity contribution in [3.05, 3.63) is 0 Å². The molecule has 0 amide bonds. The molecule has 0 saturated heterocycles. The zero-order valence-electron chi connectivity index (χ0n) is 5.10. The monoisotopic (exact) mass is 121 g/mol. The molecule has 8 heavy (non-hydrogen) atoms. The molecule has 0 aliphatic rings. The molecule has 0 rings (SSSR count). The Balaban J connectivity index is 2.86. The third-order valence-electron chi connectivity index (χ3n) is 0.915. The Morgan fingerprint density at radius 2 is 2.25 bits per heavy atom. The van der Waals surface area contributed by atoms with Gasteiger partial charge in [-0.05, 0) is 6.42 Å². The summed E-state index contributed by atoms with van der Waals surface area (Å²) in [5.41, 5.74) is 0. The minimum absolute atomic E-state index is 0.350. The molecule has 0 aliphatic carbocycles. The number of halogens is 1. The van der Waals surface area contributed by atoms with E-state index in [2.05, 4.69) is 0 Å². The van der Waals surface area contributed by atoms with Crippen molar-refractivity contribution in [3.63, 3.8) is 0 Å². The van der Waals surface area contributed by atoms with Crippen molar-refractivity contribution < 1.29 is 9.60 Å². The maximum absolute atomic E-state index is 11.4. The minimum Gasteiger partial charge on any atom is -0.314 e. The van der Waals surface area contributed by atoms with Gasteiger partial charge in [0.25, 0.3) is 0 Å².